The first-order valence-electron chi connectivity index (χ1n) is 12.5. The Morgan fingerprint density at radius 3 is 2.15 bits per heavy atom. The first-order chi connectivity index (χ1) is 15.7. The van der Waals surface area contributed by atoms with E-state index in [9.17, 15) is 9.59 Å². The highest BCUT2D eigenvalue weighted by Crippen LogP contribution is 2.23. The monoisotopic (exact) mass is 448 g/mol. The van der Waals surface area contributed by atoms with Crippen LogP contribution in [0.25, 0.3) is 0 Å². The Balaban J connectivity index is 1.64. The topological polar surface area (TPSA) is 49.4 Å². The lowest BCUT2D eigenvalue weighted by molar-refractivity contribution is -0.140. The van der Waals surface area contributed by atoms with E-state index in [0.29, 0.717) is 19.4 Å². The summed E-state index contributed by atoms with van der Waals surface area (Å²) in [5, 5.41) is 3.17. The number of hydrogen-bond donors (Lipinski definition) is 1. The summed E-state index contributed by atoms with van der Waals surface area (Å²) in [4.78, 5) is 28.0. The minimum absolute atomic E-state index is 0.0298. The van der Waals surface area contributed by atoms with Crippen LogP contribution < -0.4 is 5.32 Å². The fourth-order valence-electron chi connectivity index (χ4n) is 4.53. The highest BCUT2D eigenvalue weighted by Gasteiger charge is 2.28. The van der Waals surface area contributed by atoms with E-state index < -0.39 is 6.04 Å². The molecule has 2 amide bonds. The average Bonchev–Trinajstić information content (AvgIpc) is 3.31. The van der Waals surface area contributed by atoms with Crippen molar-refractivity contribution in [2.75, 3.05) is 6.54 Å². The molecule has 178 valence electrons. The van der Waals surface area contributed by atoms with Crippen molar-refractivity contribution in [1.82, 2.24) is 10.2 Å². The molecule has 3 rings (SSSR count). The van der Waals surface area contributed by atoms with Gasteiger partial charge in [0.1, 0.15) is 6.04 Å². The van der Waals surface area contributed by atoms with Crippen molar-refractivity contribution in [3.8, 4) is 0 Å². The molecular weight excluding hydrogens is 408 g/mol. The summed E-state index contributed by atoms with van der Waals surface area (Å²) in [6.45, 7) is 9.02. The molecule has 33 heavy (non-hydrogen) atoms. The smallest absolute Gasteiger partial charge is 0.242 e. The minimum Gasteiger partial charge on any atom is -0.352 e. The SMILES string of the molecule is C[C@H](C(=O)NC1CCCC1)N(CCc1ccccc1)C(=O)CCc1ccc(C(C)(C)C)cc1. The van der Waals surface area contributed by atoms with Crippen LogP contribution in [0, 0.1) is 0 Å². The van der Waals surface area contributed by atoms with Gasteiger partial charge in [-0.2, -0.15) is 0 Å². The largest absolute Gasteiger partial charge is 0.352 e. The molecule has 1 aliphatic carbocycles. The zero-order valence-electron chi connectivity index (χ0n) is 20.8. The molecule has 0 radical (unpaired) electrons. The van der Waals surface area contributed by atoms with Crippen molar-refractivity contribution in [2.45, 2.75) is 90.1 Å². The van der Waals surface area contributed by atoms with E-state index in [1.807, 2.05) is 25.1 Å². The van der Waals surface area contributed by atoms with Gasteiger partial charge >= 0.3 is 0 Å². The molecular formula is C29H40N2O2. The Labute approximate surface area is 199 Å². The average molecular weight is 449 g/mol. The number of rotatable bonds is 9. The van der Waals surface area contributed by atoms with Crippen LogP contribution in [0.4, 0.5) is 0 Å². The van der Waals surface area contributed by atoms with Gasteiger partial charge in [-0.05, 0) is 54.7 Å². The molecule has 0 saturated heterocycles. The van der Waals surface area contributed by atoms with Crippen LogP contribution in [0.1, 0.15) is 76.5 Å². The van der Waals surface area contributed by atoms with Crippen LogP contribution in [0.15, 0.2) is 54.6 Å². The van der Waals surface area contributed by atoms with Gasteiger partial charge in [0.2, 0.25) is 11.8 Å². The van der Waals surface area contributed by atoms with E-state index in [4.69, 9.17) is 0 Å². The molecule has 1 saturated carbocycles. The highest BCUT2D eigenvalue weighted by atomic mass is 16.2. The molecule has 1 fully saturated rings. The Kier molecular flexibility index (Phi) is 8.71. The van der Waals surface area contributed by atoms with Gasteiger partial charge in [0.15, 0.2) is 0 Å². The van der Waals surface area contributed by atoms with Gasteiger partial charge in [-0.25, -0.2) is 0 Å². The zero-order valence-corrected chi connectivity index (χ0v) is 20.8. The summed E-state index contributed by atoms with van der Waals surface area (Å²) in [5.74, 6) is 0.0118. The van der Waals surface area contributed by atoms with E-state index in [2.05, 4.69) is 62.5 Å². The van der Waals surface area contributed by atoms with Crippen molar-refractivity contribution in [2.24, 2.45) is 0 Å². The lowest BCUT2D eigenvalue weighted by atomic mass is 9.86. The molecule has 1 N–H and O–H groups in total. The van der Waals surface area contributed by atoms with Crippen LogP contribution in [0.3, 0.4) is 0 Å². The predicted molar refractivity (Wildman–Crippen MR) is 135 cm³/mol. The van der Waals surface area contributed by atoms with Crippen LogP contribution in [0.2, 0.25) is 0 Å². The highest BCUT2D eigenvalue weighted by molar-refractivity contribution is 5.87. The fourth-order valence-corrected chi connectivity index (χ4v) is 4.53. The van der Waals surface area contributed by atoms with E-state index in [-0.39, 0.29) is 23.3 Å². The van der Waals surface area contributed by atoms with E-state index in [1.54, 1.807) is 4.90 Å². The number of amides is 2. The van der Waals surface area contributed by atoms with Gasteiger partial charge in [0, 0.05) is 19.0 Å². The summed E-state index contributed by atoms with van der Waals surface area (Å²) in [6, 6.07) is 18.5. The second kappa shape index (κ2) is 11.5. The summed E-state index contributed by atoms with van der Waals surface area (Å²) >= 11 is 0. The third-order valence-electron chi connectivity index (χ3n) is 6.80. The molecule has 4 heteroatoms. The molecule has 0 unspecified atom stereocenters. The third kappa shape index (κ3) is 7.45. The quantitative estimate of drug-likeness (QED) is 0.556. The second-order valence-corrected chi connectivity index (χ2v) is 10.4. The van der Waals surface area contributed by atoms with Crippen LogP contribution in [-0.2, 0) is 27.8 Å². The molecule has 1 aliphatic rings. The number of carbonyl (C=O) groups is 2. The fraction of sp³-hybridized carbons (Fsp3) is 0.517. The van der Waals surface area contributed by atoms with Crippen LogP contribution in [0.5, 0.6) is 0 Å². The molecule has 0 aliphatic heterocycles. The van der Waals surface area contributed by atoms with Gasteiger partial charge < -0.3 is 10.2 Å². The predicted octanol–water partition coefficient (Wildman–Crippen LogP) is 5.44. The van der Waals surface area contributed by atoms with Gasteiger partial charge in [-0.15, -0.1) is 0 Å². The number of hydrogen-bond acceptors (Lipinski definition) is 2. The van der Waals surface area contributed by atoms with Gasteiger partial charge in [0.25, 0.3) is 0 Å². The maximum atomic E-state index is 13.3. The number of nitrogens with one attached hydrogen (secondary N) is 1. The molecule has 2 aromatic carbocycles. The van der Waals surface area contributed by atoms with Crippen molar-refractivity contribution < 1.29 is 9.59 Å². The van der Waals surface area contributed by atoms with Crippen molar-refractivity contribution >= 4 is 11.8 Å². The number of aryl methyl sites for hydroxylation is 1. The van der Waals surface area contributed by atoms with Crippen molar-refractivity contribution in [3.05, 3.63) is 71.3 Å². The molecule has 4 nitrogen and oxygen atoms in total. The molecule has 0 bridgehead atoms. The standard InChI is InChI=1S/C29H40N2O2/c1-22(28(33)30-26-12-8-9-13-26)31(21-20-23-10-6-5-7-11-23)27(32)19-16-24-14-17-25(18-15-24)29(2,3)4/h5-7,10-11,14-15,17-18,22,26H,8-9,12-13,16,19-21H2,1-4H3,(H,30,33)/t22-/m1/s1. The summed E-state index contributed by atoms with van der Waals surface area (Å²) < 4.78 is 0. The zero-order chi connectivity index (χ0) is 23.8. The Morgan fingerprint density at radius 2 is 1.55 bits per heavy atom. The first kappa shape index (κ1) is 25.0. The van der Waals surface area contributed by atoms with Gasteiger partial charge in [-0.1, -0.05) is 88.2 Å². The lowest BCUT2D eigenvalue weighted by Crippen LogP contribution is -2.50. The first-order valence-corrected chi connectivity index (χ1v) is 12.5. The molecule has 0 spiro atoms. The van der Waals surface area contributed by atoms with Crippen molar-refractivity contribution in [3.63, 3.8) is 0 Å². The molecule has 1 atom stereocenters. The summed E-state index contributed by atoms with van der Waals surface area (Å²) in [6.07, 6.45) is 6.26. The minimum atomic E-state index is -0.468. The van der Waals surface area contributed by atoms with Crippen LogP contribution in [-0.4, -0.2) is 35.3 Å². The summed E-state index contributed by atoms with van der Waals surface area (Å²) in [7, 11) is 0. The lowest BCUT2D eigenvalue weighted by Gasteiger charge is -2.30. The maximum absolute atomic E-state index is 13.3. The summed E-state index contributed by atoms with van der Waals surface area (Å²) in [5.41, 5.74) is 3.74. The van der Waals surface area contributed by atoms with E-state index >= 15 is 0 Å². The second-order valence-electron chi connectivity index (χ2n) is 10.4. The Hall–Kier alpha value is -2.62. The van der Waals surface area contributed by atoms with Crippen LogP contribution >= 0.6 is 0 Å². The number of carbonyl (C=O) groups excluding carboxylic acids is 2. The number of nitrogens with zero attached hydrogens (tertiary/aromatic N) is 1. The Morgan fingerprint density at radius 1 is 0.939 bits per heavy atom. The normalized spacial score (nSPS) is 15.3. The third-order valence-corrected chi connectivity index (χ3v) is 6.80. The van der Waals surface area contributed by atoms with E-state index in [0.717, 1.165) is 24.8 Å². The van der Waals surface area contributed by atoms with E-state index in [1.165, 1.54) is 24.0 Å². The van der Waals surface area contributed by atoms with Gasteiger partial charge in [0.05, 0.1) is 0 Å². The molecule has 0 aromatic heterocycles. The Bertz CT molecular complexity index is 893. The maximum Gasteiger partial charge on any atom is 0.242 e. The van der Waals surface area contributed by atoms with Gasteiger partial charge in [-0.3, -0.25) is 9.59 Å². The molecule has 2 aromatic rings. The van der Waals surface area contributed by atoms with Crippen molar-refractivity contribution in [1.29, 1.82) is 0 Å². The number of benzene rings is 2. The molecule has 0 heterocycles.